The Morgan fingerprint density at radius 3 is 2.72 bits per heavy atom. The number of hydrogen-bond acceptors (Lipinski definition) is 9. The number of fused-ring (bicyclic) bond motifs is 1. The Balaban J connectivity index is 1.18. The molecule has 2 atom stereocenters. The van der Waals surface area contributed by atoms with Crippen LogP contribution in [-0.4, -0.2) is 61.8 Å². The van der Waals surface area contributed by atoms with Crippen molar-refractivity contribution >= 4 is 17.1 Å². The predicted molar refractivity (Wildman–Crippen MR) is 131 cm³/mol. The number of anilines is 1. The van der Waals surface area contributed by atoms with E-state index in [0.29, 0.717) is 36.6 Å². The van der Waals surface area contributed by atoms with E-state index in [9.17, 15) is 9.90 Å². The molecular weight excluding hydrogens is 460 g/mol. The van der Waals surface area contributed by atoms with Crippen LogP contribution < -0.4 is 10.9 Å². The first-order valence-corrected chi connectivity index (χ1v) is 11.8. The Morgan fingerprint density at radius 2 is 1.92 bits per heavy atom. The largest absolute Gasteiger partial charge is 0.393 e. The Kier molecular flexibility index (Phi) is 5.70. The van der Waals surface area contributed by atoms with Crippen LogP contribution in [0, 0.1) is 0 Å². The van der Waals surface area contributed by atoms with Crippen LogP contribution in [0.1, 0.15) is 19.3 Å². The first-order valence-electron chi connectivity index (χ1n) is 11.8. The predicted octanol–water partition coefficient (Wildman–Crippen LogP) is 1.66. The highest BCUT2D eigenvalue weighted by Gasteiger charge is 2.23. The molecule has 0 amide bonds. The summed E-state index contributed by atoms with van der Waals surface area (Å²) in [6, 6.07) is 11.2. The van der Waals surface area contributed by atoms with Crippen LogP contribution in [-0.2, 0) is 13.1 Å². The third-order valence-electron chi connectivity index (χ3n) is 6.34. The minimum absolute atomic E-state index is 0.133. The summed E-state index contributed by atoms with van der Waals surface area (Å²) in [6.45, 7) is 0.981. The third kappa shape index (κ3) is 4.45. The van der Waals surface area contributed by atoms with E-state index < -0.39 is 0 Å². The average molecular weight is 485 g/mol. The summed E-state index contributed by atoms with van der Waals surface area (Å²) in [5.74, 6) is 0.502. The smallest absolute Gasteiger partial charge is 0.266 e. The molecule has 182 valence electrons. The van der Waals surface area contributed by atoms with Gasteiger partial charge in [-0.05, 0) is 43.0 Å². The Labute approximate surface area is 205 Å². The molecular formula is C24H24N10O2. The number of benzene rings is 1. The summed E-state index contributed by atoms with van der Waals surface area (Å²) in [5.41, 5.74) is 3.86. The molecule has 0 aliphatic heterocycles. The molecule has 12 nitrogen and oxygen atoms in total. The summed E-state index contributed by atoms with van der Waals surface area (Å²) >= 11 is 0. The Bertz CT molecular complexity index is 1560. The minimum Gasteiger partial charge on any atom is -0.393 e. The second-order valence-electron chi connectivity index (χ2n) is 8.84. The SMILES string of the molecule is O=c1cccnn1CCn1cc(-c2ccc(-n3nnc4cnc(N[C@@H]5CC[C@@H](O)C5)nc43)cc2)cn1. The van der Waals surface area contributed by atoms with Crippen molar-refractivity contribution in [2.75, 3.05) is 5.32 Å². The van der Waals surface area contributed by atoms with Gasteiger partial charge in [-0.25, -0.2) is 9.67 Å². The number of aliphatic hydroxyl groups excluding tert-OH is 1. The van der Waals surface area contributed by atoms with Crippen molar-refractivity contribution in [1.29, 1.82) is 0 Å². The molecule has 5 aromatic rings. The maximum atomic E-state index is 11.8. The lowest BCUT2D eigenvalue weighted by Crippen LogP contribution is -2.23. The fourth-order valence-corrected chi connectivity index (χ4v) is 4.43. The van der Waals surface area contributed by atoms with Crippen LogP contribution in [0.4, 0.5) is 5.95 Å². The summed E-state index contributed by atoms with van der Waals surface area (Å²) in [6.07, 6.45) is 9.09. The van der Waals surface area contributed by atoms with Gasteiger partial charge in [-0.15, -0.1) is 5.10 Å². The van der Waals surface area contributed by atoms with Gasteiger partial charge >= 0.3 is 0 Å². The molecule has 0 radical (unpaired) electrons. The maximum Gasteiger partial charge on any atom is 0.266 e. The first-order chi connectivity index (χ1) is 17.6. The fourth-order valence-electron chi connectivity index (χ4n) is 4.43. The zero-order chi connectivity index (χ0) is 24.5. The number of hydrogen-bond donors (Lipinski definition) is 2. The lowest BCUT2D eigenvalue weighted by molar-refractivity contribution is 0.182. The molecule has 0 saturated heterocycles. The Morgan fingerprint density at radius 1 is 1.03 bits per heavy atom. The van der Waals surface area contributed by atoms with Crippen LogP contribution in [0.3, 0.4) is 0 Å². The second-order valence-corrected chi connectivity index (χ2v) is 8.84. The number of nitrogens with one attached hydrogen (secondary N) is 1. The molecule has 4 heterocycles. The van der Waals surface area contributed by atoms with Crippen LogP contribution >= 0.6 is 0 Å². The fraction of sp³-hybridized carbons (Fsp3) is 0.292. The molecule has 0 unspecified atom stereocenters. The van der Waals surface area contributed by atoms with Gasteiger partial charge in [0.1, 0.15) is 0 Å². The van der Waals surface area contributed by atoms with E-state index >= 15 is 0 Å². The monoisotopic (exact) mass is 484 g/mol. The van der Waals surface area contributed by atoms with Gasteiger partial charge in [0.15, 0.2) is 11.2 Å². The molecule has 1 aromatic carbocycles. The van der Waals surface area contributed by atoms with Crippen molar-refractivity contribution in [3.05, 3.63) is 71.5 Å². The summed E-state index contributed by atoms with van der Waals surface area (Å²) in [4.78, 5) is 20.8. The van der Waals surface area contributed by atoms with Gasteiger partial charge in [0.05, 0.1) is 37.3 Å². The normalized spacial score (nSPS) is 17.6. The van der Waals surface area contributed by atoms with Crippen molar-refractivity contribution in [1.82, 2.24) is 44.5 Å². The van der Waals surface area contributed by atoms with E-state index in [0.717, 1.165) is 29.7 Å². The van der Waals surface area contributed by atoms with Crippen LogP contribution in [0.25, 0.3) is 28.0 Å². The highest BCUT2D eigenvalue weighted by molar-refractivity contribution is 5.72. The lowest BCUT2D eigenvalue weighted by atomic mass is 10.1. The third-order valence-corrected chi connectivity index (χ3v) is 6.34. The molecule has 4 aromatic heterocycles. The van der Waals surface area contributed by atoms with E-state index in [1.54, 1.807) is 34.0 Å². The van der Waals surface area contributed by atoms with Crippen LogP contribution in [0.15, 0.2) is 66.0 Å². The number of rotatable bonds is 7. The van der Waals surface area contributed by atoms with E-state index in [-0.39, 0.29) is 17.7 Å². The number of aryl methyl sites for hydroxylation is 2. The molecule has 0 bridgehead atoms. The van der Waals surface area contributed by atoms with E-state index in [1.165, 1.54) is 10.7 Å². The van der Waals surface area contributed by atoms with Gasteiger partial charge in [0.25, 0.3) is 5.56 Å². The van der Waals surface area contributed by atoms with Gasteiger partial charge in [-0.3, -0.25) is 9.48 Å². The van der Waals surface area contributed by atoms with Crippen molar-refractivity contribution in [2.45, 2.75) is 44.5 Å². The molecule has 12 heteroatoms. The zero-order valence-electron chi connectivity index (χ0n) is 19.3. The van der Waals surface area contributed by atoms with E-state index in [2.05, 4.69) is 35.8 Å². The molecule has 1 aliphatic carbocycles. The topological polar surface area (TPSA) is 141 Å². The highest BCUT2D eigenvalue weighted by atomic mass is 16.3. The minimum atomic E-state index is -0.269. The first kappa shape index (κ1) is 22.0. The summed E-state index contributed by atoms with van der Waals surface area (Å²) in [5, 5.41) is 30.0. The molecule has 1 saturated carbocycles. The summed E-state index contributed by atoms with van der Waals surface area (Å²) < 4.78 is 4.90. The standard InChI is InChI=1S/C24H24N10O2/c35-20-8-5-18(12-20)28-24-25-14-21-23(29-24)34(31-30-21)19-6-3-16(4-7-19)17-13-27-32(15-17)10-11-33-22(36)2-1-9-26-33/h1-4,6-7,9,13-15,18,20,35H,5,8,10-12H2,(H,25,28,29)/t18-,20-/m1/s1. The van der Waals surface area contributed by atoms with Crippen LogP contribution in [0.5, 0.6) is 0 Å². The number of nitrogens with zero attached hydrogens (tertiary/aromatic N) is 9. The van der Waals surface area contributed by atoms with E-state index in [4.69, 9.17) is 0 Å². The zero-order valence-corrected chi connectivity index (χ0v) is 19.3. The molecule has 0 spiro atoms. The van der Waals surface area contributed by atoms with Gasteiger partial charge in [-0.2, -0.15) is 19.9 Å². The molecule has 36 heavy (non-hydrogen) atoms. The maximum absolute atomic E-state index is 11.8. The van der Waals surface area contributed by atoms with Crippen LogP contribution in [0.2, 0.25) is 0 Å². The van der Waals surface area contributed by atoms with Crippen molar-refractivity contribution in [3.63, 3.8) is 0 Å². The lowest BCUT2D eigenvalue weighted by Gasteiger charge is -2.11. The van der Waals surface area contributed by atoms with Crippen molar-refractivity contribution in [2.24, 2.45) is 0 Å². The quantitative estimate of drug-likeness (QED) is 0.353. The average Bonchev–Trinajstić information content (AvgIpc) is 3.64. The number of aliphatic hydroxyl groups is 1. The van der Waals surface area contributed by atoms with Crippen molar-refractivity contribution < 1.29 is 5.11 Å². The van der Waals surface area contributed by atoms with Gasteiger partial charge < -0.3 is 10.4 Å². The van der Waals surface area contributed by atoms with E-state index in [1.807, 2.05) is 30.5 Å². The molecule has 2 N–H and O–H groups in total. The number of aromatic nitrogens is 9. The summed E-state index contributed by atoms with van der Waals surface area (Å²) in [7, 11) is 0. The molecule has 6 rings (SSSR count). The molecule has 1 fully saturated rings. The highest BCUT2D eigenvalue weighted by Crippen LogP contribution is 2.24. The molecule has 1 aliphatic rings. The van der Waals surface area contributed by atoms with Gasteiger partial charge in [0, 0.05) is 30.1 Å². The Hall–Kier alpha value is -4.45. The van der Waals surface area contributed by atoms with Gasteiger partial charge in [-0.1, -0.05) is 17.3 Å². The van der Waals surface area contributed by atoms with Crippen molar-refractivity contribution in [3.8, 4) is 16.8 Å². The van der Waals surface area contributed by atoms with Gasteiger partial charge in [0.2, 0.25) is 5.95 Å². The second kappa shape index (κ2) is 9.30.